The first-order valence-electron chi connectivity index (χ1n) is 24.3. The summed E-state index contributed by atoms with van der Waals surface area (Å²) in [6, 6.07) is 0. The number of ether oxygens (including phenoxy) is 1. The number of allylic oxidation sites excluding steroid dienone is 8. The lowest BCUT2D eigenvalue weighted by Crippen LogP contribution is -2.28. The predicted octanol–water partition coefficient (Wildman–Crippen LogP) is 15.4. The number of carbonyl (C=O) groups is 3. The zero-order valence-corrected chi connectivity index (χ0v) is 37.4. The van der Waals surface area contributed by atoms with Gasteiger partial charge in [0.2, 0.25) is 5.91 Å². The van der Waals surface area contributed by atoms with Crippen molar-refractivity contribution in [3.8, 4) is 0 Å². The summed E-state index contributed by atoms with van der Waals surface area (Å²) in [4.78, 5) is 35.1. The molecule has 0 rings (SSSR count). The molecule has 57 heavy (non-hydrogen) atoms. The average molecular weight is 798 g/mol. The lowest BCUT2D eigenvalue weighted by molar-refractivity contribution is -0.150. The van der Waals surface area contributed by atoms with Crippen LogP contribution in [-0.4, -0.2) is 35.6 Å². The number of nitrogens with one attached hydrogen (secondary N) is 1. The second-order valence-corrected chi connectivity index (χ2v) is 16.3. The smallest absolute Gasteiger partial charge is 0.322 e. The van der Waals surface area contributed by atoms with Crippen molar-refractivity contribution in [1.82, 2.24) is 5.32 Å². The van der Waals surface area contributed by atoms with Gasteiger partial charge in [-0.3, -0.25) is 14.4 Å². The van der Waals surface area contributed by atoms with E-state index in [0.29, 0.717) is 12.8 Å². The van der Waals surface area contributed by atoms with Gasteiger partial charge >= 0.3 is 11.9 Å². The molecule has 0 saturated carbocycles. The minimum atomic E-state index is -1.01. The van der Waals surface area contributed by atoms with E-state index < -0.39 is 5.97 Å². The summed E-state index contributed by atoms with van der Waals surface area (Å²) in [7, 11) is 0. The number of rotatable bonds is 44. The molecule has 0 aliphatic heterocycles. The molecule has 0 radical (unpaired) electrons. The molecule has 330 valence electrons. The summed E-state index contributed by atoms with van der Waals surface area (Å²) in [6.45, 7) is 4.13. The third kappa shape index (κ3) is 45.9. The van der Waals surface area contributed by atoms with E-state index in [2.05, 4.69) is 67.8 Å². The molecule has 0 aliphatic rings. The molecule has 0 bridgehead atoms. The molecule has 1 amide bonds. The fourth-order valence-electron chi connectivity index (χ4n) is 7.21. The van der Waals surface area contributed by atoms with Crippen LogP contribution >= 0.6 is 0 Å². The molecular weight excluding hydrogens is 707 g/mol. The topological polar surface area (TPSA) is 92.7 Å². The quantitative estimate of drug-likeness (QED) is 0.0364. The van der Waals surface area contributed by atoms with Gasteiger partial charge in [-0.2, -0.15) is 0 Å². The van der Waals surface area contributed by atoms with Crippen LogP contribution in [0.4, 0.5) is 0 Å². The van der Waals surface area contributed by atoms with Crippen LogP contribution in [0, 0.1) is 0 Å². The van der Waals surface area contributed by atoms with Gasteiger partial charge in [0.15, 0.2) is 0 Å². The van der Waals surface area contributed by atoms with Crippen molar-refractivity contribution in [1.29, 1.82) is 0 Å². The van der Waals surface area contributed by atoms with Crippen molar-refractivity contribution >= 4 is 17.8 Å². The van der Waals surface area contributed by atoms with Gasteiger partial charge in [-0.15, -0.1) is 0 Å². The molecule has 0 saturated heterocycles. The predicted molar refractivity (Wildman–Crippen MR) is 245 cm³/mol. The van der Waals surface area contributed by atoms with Gasteiger partial charge in [-0.25, -0.2) is 0 Å². The standard InChI is InChI=1S/C51H91NO5/c1-3-5-7-9-11-13-15-17-18-19-20-21-22-23-24-25-26-27-29-31-33-38-42-46-51(56)57-48(43-39-35-32-30-28-16-14-12-10-8-6-4-2)44-40-36-34-37-41-45-49(53)52-47-50(54)55/h5,7,11,13,17-18,20-21,48H,3-4,6,8-10,12,14-16,19,22-47H2,1-2H3,(H,52,53)(H,54,55)/b7-5-,13-11-,18-17-,21-20-. The Bertz CT molecular complexity index is 1020. The molecule has 1 unspecified atom stereocenters. The van der Waals surface area contributed by atoms with E-state index >= 15 is 0 Å². The minimum absolute atomic E-state index is 0.0171. The van der Waals surface area contributed by atoms with Gasteiger partial charge in [0, 0.05) is 12.8 Å². The average Bonchev–Trinajstić information content (AvgIpc) is 3.20. The van der Waals surface area contributed by atoms with E-state index in [1.807, 2.05) is 0 Å². The van der Waals surface area contributed by atoms with E-state index in [4.69, 9.17) is 9.84 Å². The Balaban J connectivity index is 4.06. The van der Waals surface area contributed by atoms with E-state index in [0.717, 1.165) is 89.9 Å². The summed E-state index contributed by atoms with van der Waals surface area (Å²) in [5, 5.41) is 11.1. The SMILES string of the molecule is CC/C=C\C/C=C\C/C=C\C/C=C\CCCCCCCCCCCCC(=O)OC(CCCCCCCCCCCCCC)CCCCCCCC(=O)NCC(=O)O. The van der Waals surface area contributed by atoms with Gasteiger partial charge in [0.1, 0.15) is 12.6 Å². The minimum Gasteiger partial charge on any atom is -0.480 e. The van der Waals surface area contributed by atoms with Crippen molar-refractivity contribution in [2.45, 2.75) is 251 Å². The molecule has 6 heteroatoms. The van der Waals surface area contributed by atoms with Crippen LogP contribution < -0.4 is 5.32 Å². The first-order chi connectivity index (χ1) is 28.0. The van der Waals surface area contributed by atoms with Crippen LogP contribution in [0.25, 0.3) is 0 Å². The second kappa shape index (κ2) is 46.1. The van der Waals surface area contributed by atoms with E-state index in [-0.39, 0.29) is 24.5 Å². The third-order valence-corrected chi connectivity index (χ3v) is 10.8. The number of hydrogen-bond donors (Lipinski definition) is 2. The largest absolute Gasteiger partial charge is 0.480 e. The fourth-order valence-corrected chi connectivity index (χ4v) is 7.21. The van der Waals surface area contributed by atoms with Crippen molar-refractivity contribution < 1.29 is 24.2 Å². The van der Waals surface area contributed by atoms with Crippen LogP contribution in [0.1, 0.15) is 245 Å². The molecule has 0 aromatic carbocycles. The monoisotopic (exact) mass is 798 g/mol. The summed E-state index contributed by atoms with van der Waals surface area (Å²) in [6.07, 6.45) is 59.6. The van der Waals surface area contributed by atoms with Crippen LogP contribution in [0.15, 0.2) is 48.6 Å². The number of esters is 1. The Labute approximate surface area is 352 Å². The maximum atomic E-state index is 12.8. The number of aliphatic carboxylic acids is 1. The molecule has 1 atom stereocenters. The molecular formula is C51H91NO5. The summed E-state index contributed by atoms with van der Waals surface area (Å²) in [5.41, 5.74) is 0. The normalized spacial score (nSPS) is 12.5. The number of carbonyl (C=O) groups excluding carboxylic acids is 2. The van der Waals surface area contributed by atoms with Crippen molar-refractivity contribution in [2.75, 3.05) is 6.54 Å². The zero-order chi connectivity index (χ0) is 41.5. The number of unbranched alkanes of at least 4 members (excludes halogenated alkanes) is 25. The Morgan fingerprint density at radius 2 is 0.860 bits per heavy atom. The Morgan fingerprint density at radius 1 is 0.474 bits per heavy atom. The lowest BCUT2D eigenvalue weighted by Gasteiger charge is -2.18. The molecule has 0 heterocycles. The van der Waals surface area contributed by atoms with Crippen LogP contribution in [0.5, 0.6) is 0 Å². The third-order valence-electron chi connectivity index (χ3n) is 10.8. The van der Waals surface area contributed by atoms with E-state index in [9.17, 15) is 14.4 Å². The molecule has 6 nitrogen and oxygen atoms in total. The molecule has 2 N–H and O–H groups in total. The molecule has 0 aromatic rings. The maximum absolute atomic E-state index is 12.8. The fraction of sp³-hybridized carbons (Fsp3) is 0.784. The first-order valence-corrected chi connectivity index (χ1v) is 24.3. The number of carboxylic acid groups (broad SMARTS) is 1. The van der Waals surface area contributed by atoms with Gasteiger partial charge < -0.3 is 15.2 Å². The molecule has 0 spiro atoms. The van der Waals surface area contributed by atoms with E-state index in [1.54, 1.807) is 0 Å². The van der Waals surface area contributed by atoms with Crippen LogP contribution in [0.3, 0.4) is 0 Å². The highest BCUT2D eigenvalue weighted by molar-refractivity contribution is 5.80. The first kappa shape index (κ1) is 54.4. The van der Waals surface area contributed by atoms with Crippen molar-refractivity contribution in [3.63, 3.8) is 0 Å². The molecule has 0 aliphatic carbocycles. The summed E-state index contributed by atoms with van der Waals surface area (Å²) >= 11 is 0. The molecule has 0 fully saturated rings. The maximum Gasteiger partial charge on any atom is 0.322 e. The number of amides is 1. The highest BCUT2D eigenvalue weighted by atomic mass is 16.5. The zero-order valence-electron chi connectivity index (χ0n) is 37.4. The Kier molecular flexibility index (Phi) is 43.9. The second-order valence-electron chi connectivity index (χ2n) is 16.3. The highest BCUT2D eigenvalue weighted by Gasteiger charge is 2.14. The molecule has 0 aromatic heterocycles. The van der Waals surface area contributed by atoms with Gasteiger partial charge in [0.05, 0.1) is 0 Å². The lowest BCUT2D eigenvalue weighted by atomic mass is 10.0. The summed E-state index contributed by atoms with van der Waals surface area (Å²) < 4.78 is 6.05. The van der Waals surface area contributed by atoms with Gasteiger partial charge in [0.25, 0.3) is 0 Å². The van der Waals surface area contributed by atoms with Crippen LogP contribution in [-0.2, 0) is 19.1 Å². The van der Waals surface area contributed by atoms with Gasteiger partial charge in [-0.1, -0.05) is 204 Å². The highest BCUT2D eigenvalue weighted by Crippen LogP contribution is 2.19. The number of carboxylic acids is 1. The van der Waals surface area contributed by atoms with Gasteiger partial charge in [-0.05, 0) is 77.0 Å². The van der Waals surface area contributed by atoms with Crippen LogP contribution in [0.2, 0.25) is 0 Å². The Hall–Kier alpha value is -2.63. The number of hydrogen-bond acceptors (Lipinski definition) is 4. The van der Waals surface area contributed by atoms with Crippen molar-refractivity contribution in [3.05, 3.63) is 48.6 Å². The Morgan fingerprint density at radius 3 is 1.32 bits per heavy atom. The van der Waals surface area contributed by atoms with E-state index in [1.165, 1.54) is 128 Å². The summed E-state index contributed by atoms with van der Waals surface area (Å²) in [5.74, 6) is -1.22. The van der Waals surface area contributed by atoms with Crippen molar-refractivity contribution in [2.24, 2.45) is 0 Å².